The number of carbonyl (C=O) groups is 1. The minimum absolute atomic E-state index is 0.0160. The van der Waals surface area contributed by atoms with E-state index >= 15 is 0 Å². The van der Waals surface area contributed by atoms with Crippen LogP contribution in [0.3, 0.4) is 0 Å². The third-order valence-electron chi connectivity index (χ3n) is 5.38. The van der Waals surface area contributed by atoms with E-state index < -0.39 is 0 Å². The standard InChI is InChI=1S/C19H22N4O3S/c1-12-3-5-13(6-4-12)15(16-17(24)23-19(27-16)20-11-21-23)22-9-7-14(8-10-22)18(25)26-2/h3-6,11,14-15,24H,7-10H2,1-2H3/p+1/t15-/m1/s1. The van der Waals surface area contributed by atoms with Crippen molar-refractivity contribution in [2.24, 2.45) is 5.92 Å². The number of rotatable bonds is 4. The monoisotopic (exact) mass is 387 g/mol. The van der Waals surface area contributed by atoms with Gasteiger partial charge in [-0.3, -0.25) is 4.79 Å². The van der Waals surface area contributed by atoms with E-state index in [1.165, 1.54) is 39.8 Å². The molecule has 3 heterocycles. The lowest BCUT2D eigenvalue weighted by molar-refractivity contribution is -0.930. The SMILES string of the molecule is COC(=O)C1CC[NH+]([C@H](c2ccc(C)cc2)c2sc3ncnn3c2O)CC1. The molecule has 7 nitrogen and oxygen atoms in total. The lowest BCUT2D eigenvalue weighted by atomic mass is 9.93. The lowest BCUT2D eigenvalue weighted by Crippen LogP contribution is -3.13. The molecule has 27 heavy (non-hydrogen) atoms. The quantitative estimate of drug-likeness (QED) is 0.661. The summed E-state index contributed by atoms with van der Waals surface area (Å²) in [6.45, 7) is 3.74. The van der Waals surface area contributed by atoms with Crippen LogP contribution in [0.2, 0.25) is 0 Å². The maximum absolute atomic E-state index is 11.9. The number of hydrogen-bond donors (Lipinski definition) is 2. The number of fused-ring (bicyclic) bond motifs is 1. The number of aromatic hydroxyl groups is 1. The number of piperidine rings is 1. The maximum Gasteiger partial charge on any atom is 0.309 e. The highest BCUT2D eigenvalue weighted by Crippen LogP contribution is 2.35. The first kappa shape index (κ1) is 17.9. The molecule has 1 atom stereocenters. The summed E-state index contributed by atoms with van der Waals surface area (Å²) in [5, 5.41) is 14.9. The van der Waals surface area contributed by atoms with Gasteiger partial charge < -0.3 is 14.7 Å². The maximum atomic E-state index is 11.9. The Kier molecular flexibility index (Phi) is 4.84. The van der Waals surface area contributed by atoms with Gasteiger partial charge in [0, 0.05) is 18.4 Å². The second-order valence-corrected chi connectivity index (χ2v) is 8.05. The molecular weight excluding hydrogens is 364 g/mol. The number of hydrogen-bond acceptors (Lipinski definition) is 6. The Balaban J connectivity index is 1.69. The number of nitrogens with one attached hydrogen (secondary N) is 1. The van der Waals surface area contributed by atoms with Crippen LogP contribution in [0.25, 0.3) is 4.96 Å². The van der Waals surface area contributed by atoms with E-state index in [0.29, 0.717) is 4.96 Å². The van der Waals surface area contributed by atoms with Crippen LogP contribution in [0.15, 0.2) is 30.6 Å². The van der Waals surface area contributed by atoms with Crippen molar-refractivity contribution in [3.63, 3.8) is 0 Å². The molecule has 0 spiro atoms. The van der Waals surface area contributed by atoms with Crippen LogP contribution < -0.4 is 4.90 Å². The average molecular weight is 387 g/mol. The number of quaternary nitrogens is 1. The number of nitrogens with zero attached hydrogens (tertiary/aromatic N) is 3. The number of esters is 1. The molecule has 0 radical (unpaired) electrons. The van der Waals surface area contributed by atoms with Gasteiger partial charge in [0.1, 0.15) is 11.2 Å². The number of benzene rings is 1. The molecule has 1 aromatic carbocycles. The van der Waals surface area contributed by atoms with Gasteiger partial charge in [0.15, 0.2) is 6.04 Å². The van der Waals surface area contributed by atoms with Crippen LogP contribution in [0.4, 0.5) is 0 Å². The first-order valence-electron chi connectivity index (χ1n) is 9.09. The number of carbonyl (C=O) groups excluding carboxylic acids is 1. The first-order valence-corrected chi connectivity index (χ1v) is 9.90. The van der Waals surface area contributed by atoms with Gasteiger partial charge in [0.2, 0.25) is 10.8 Å². The smallest absolute Gasteiger partial charge is 0.309 e. The van der Waals surface area contributed by atoms with E-state index in [-0.39, 0.29) is 23.8 Å². The first-order chi connectivity index (χ1) is 13.1. The van der Waals surface area contributed by atoms with Gasteiger partial charge in [-0.25, -0.2) is 4.98 Å². The highest BCUT2D eigenvalue weighted by Gasteiger charge is 2.37. The van der Waals surface area contributed by atoms with Crippen LogP contribution in [0.1, 0.15) is 34.9 Å². The normalized spacial score (nSPS) is 21.3. The molecule has 2 N–H and O–H groups in total. The summed E-state index contributed by atoms with van der Waals surface area (Å²) in [6, 6.07) is 8.41. The van der Waals surface area contributed by atoms with Crippen molar-refractivity contribution >= 4 is 22.3 Å². The van der Waals surface area contributed by atoms with Gasteiger partial charge in [0.05, 0.1) is 26.1 Å². The van der Waals surface area contributed by atoms with E-state index in [9.17, 15) is 9.90 Å². The molecule has 0 saturated carbocycles. The summed E-state index contributed by atoms with van der Waals surface area (Å²) in [4.78, 5) is 19.0. The van der Waals surface area contributed by atoms with E-state index in [4.69, 9.17) is 4.74 Å². The summed E-state index contributed by atoms with van der Waals surface area (Å²) >= 11 is 1.47. The highest BCUT2D eigenvalue weighted by molar-refractivity contribution is 7.17. The molecule has 1 aliphatic rings. The Hall–Kier alpha value is -2.45. The zero-order chi connectivity index (χ0) is 19.0. The minimum atomic E-state index is -0.123. The molecule has 4 rings (SSSR count). The predicted octanol–water partition coefficient (Wildman–Crippen LogP) is 1.36. The molecule has 0 amide bonds. The average Bonchev–Trinajstić information content (AvgIpc) is 3.27. The van der Waals surface area contributed by atoms with Crippen molar-refractivity contribution in [2.45, 2.75) is 25.8 Å². The van der Waals surface area contributed by atoms with Gasteiger partial charge in [-0.05, 0) is 6.92 Å². The molecule has 1 aliphatic heterocycles. The molecule has 0 aliphatic carbocycles. The summed E-state index contributed by atoms with van der Waals surface area (Å²) in [6.07, 6.45) is 3.02. The Morgan fingerprint density at radius 2 is 2.04 bits per heavy atom. The fourth-order valence-corrected chi connectivity index (χ4v) is 5.01. The van der Waals surface area contributed by atoms with Crippen LogP contribution in [0, 0.1) is 12.8 Å². The molecule has 8 heteroatoms. The third kappa shape index (κ3) is 3.30. The molecular formula is C19H23N4O3S+. The Bertz CT molecular complexity index is 942. The third-order valence-corrected chi connectivity index (χ3v) is 6.48. The van der Waals surface area contributed by atoms with Crippen LogP contribution in [-0.2, 0) is 9.53 Å². The molecule has 1 saturated heterocycles. The van der Waals surface area contributed by atoms with Crippen molar-refractivity contribution in [1.29, 1.82) is 0 Å². The zero-order valence-electron chi connectivity index (χ0n) is 15.4. The van der Waals surface area contributed by atoms with Gasteiger partial charge >= 0.3 is 5.97 Å². The predicted molar refractivity (Wildman–Crippen MR) is 101 cm³/mol. The van der Waals surface area contributed by atoms with Crippen molar-refractivity contribution < 1.29 is 19.5 Å². The Labute approximate surface area is 161 Å². The molecule has 0 unspecified atom stereocenters. The van der Waals surface area contributed by atoms with Crippen LogP contribution in [0.5, 0.6) is 5.88 Å². The molecule has 1 fully saturated rings. The number of thiazole rings is 1. The number of likely N-dealkylation sites (tertiary alicyclic amines) is 1. The molecule has 2 aromatic heterocycles. The van der Waals surface area contributed by atoms with Crippen molar-refractivity contribution in [3.8, 4) is 5.88 Å². The lowest BCUT2D eigenvalue weighted by Gasteiger charge is -2.33. The topological polar surface area (TPSA) is 81.2 Å². The van der Waals surface area contributed by atoms with E-state index in [0.717, 1.165) is 36.4 Å². The molecule has 0 bridgehead atoms. The van der Waals surface area contributed by atoms with Gasteiger partial charge in [-0.2, -0.15) is 9.61 Å². The summed E-state index contributed by atoms with van der Waals surface area (Å²) in [5.74, 6) is -0.00317. The zero-order valence-corrected chi connectivity index (χ0v) is 16.2. The number of aryl methyl sites for hydroxylation is 1. The van der Waals surface area contributed by atoms with Crippen molar-refractivity contribution in [3.05, 3.63) is 46.6 Å². The van der Waals surface area contributed by atoms with Crippen molar-refractivity contribution in [2.75, 3.05) is 20.2 Å². The summed E-state index contributed by atoms with van der Waals surface area (Å²) in [5.41, 5.74) is 2.34. The molecule has 142 valence electrons. The van der Waals surface area contributed by atoms with Gasteiger partial charge in [-0.1, -0.05) is 41.2 Å². The number of methoxy groups -OCH3 is 1. The summed E-state index contributed by atoms with van der Waals surface area (Å²) in [7, 11) is 1.45. The van der Waals surface area contributed by atoms with E-state index in [1.807, 2.05) is 0 Å². The fourth-order valence-electron chi connectivity index (χ4n) is 3.89. The second kappa shape index (κ2) is 7.28. The highest BCUT2D eigenvalue weighted by atomic mass is 32.1. The second-order valence-electron chi connectivity index (χ2n) is 7.04. The number of ether oxygens (including phenoxy) is 1. The van der Waals surface area contributed by atoms with E-state index in [1.54, 1.807) is 0 Å². The molecule has 3 aromatic rings. The van der Waals surface area contributed by atoms with Gasteiger partial charge in [0.25, 0.3) is 0 Å². The fraction of sp³-hybridized carbons (Fsp3) is 0.421. The summed E-state index contributed by atoms with van der Waals surface area (Å²) < 4.78 is 6.40. The van der Waals surface area contributed by atoms with Crippen LogP contribution in [-0.4, -0.2) is 45.9 Å². The van der Waals surface area contributed by atoms with Crippen molar-refractivity contribution in [1.82, 2.24) is 14.6 Å². The minimum Gasteiger partial charge on any atom is -0.492 e. The largest absolute Gasteiger partial charge is 0.492 e. The Morgan fingerprint density at radius 3 is 2.67 bits per heavy atom. The number of aromatic nitrogens is 3. The van der Waals surface area contributed by atoms with Crippen LogP contribution >= 0.6 is 11.3 Å². The van der Waals surface area contributed by atoms with Gasteiger partial charge in [-0.15, -0.1) is 0 Å². The van der Waals surface area contributed by atoms with E-state index in [2.05, 4.69) is 41.3 Å². The Morgan fingerprint density at radius 1 is 1.33 bits per heavy atom.